The van der Waals surface area contributed by atoms with E-state index in [2.05, 4.69) is 12.2 Å². The van der Waals surface area contributed by atoms with Crippen LogP contribution >= 0.6 is 0 Å². The van der Waals surface area contributed by atoms with E-state index in [1.807, 2.05) is 31.3 Å². The van der Waals surface area contributed by atoms with Gasteiger partial charge in [-0.15, -0.1) is 0 Å². The molecule has 0 bridgehead atoms. The Balaban J connectivity index is 2.01. The molecule has 152 valence electrons. The zero-order chi connectivity index (χ0) is 20.2. The molecule has 1 aliphatic heterocycles. The molecule has 1 fully saturated rings. The van der Waals surface area contributed by atoms with Gasteiger partial charge in [-0.3, -0.25) is 4.79 Å². The predicted molar refractivity (Wildman–Crippen MR) is 108 cm³/mol. The largest absolute Gasteiger partial charge is 0.432 e. The van der Waals surface area contributed by atoms with Crippen LogP contribution in [0, 0.1) is 5.92 Å². The molecule has 1 aliphatic rings. The maximum Gasteiger partial charge on any atom is 0.252 e. The van der Waals surface area contributed by atoms with Crippen LogP contribution in [0.5, 0.6) is 0 Å². The minimum atomic E-state index is -2.38. The molecule has 1 heterocycles. The van der Waals surface area contributed by atoms with Crippen molar-refractivity contribution in [2.45, 2.75) is 70.1 Å². The van der Waals surface area contributed by atoms with Crippen molar-refractivity contribution in [1.82, 2.24) is 0 Å². The fraction of sp³-hybridized carbons (Fsp3) is 0.650. The third kappa shape index (κ3) is 5.86. The van der Waals surface area contributed by atoms with Gasteiger partial charge >= 0.3 is 0 Å². The van der Waals surface area contributed by atoms with Crippen LogP contribution in [0.15, 0.2) is 24.3 Å². The minimum absolute atomic E-state index is 0.0428. The molecule has 2 rings (SSSR count). The Hall–Kier alpha value is -1.25. The van der Waals surface area contributed by atoms with Crippen molar-refractivity contribution in [3.63, 3.8) is 0 Å². The van der Waals surface area contributed by atoms with Gasteiger partial charge < -0.3 is 25.1 Å². The summed E-state index contributed by atoms with van der Waals surface area (Å²) in [5.41, 5.74) is 1.86. The van der Waals surface area contributed by atoms with Crippen LogP contribution in [0.1, 0.15) is 32.3 Å². The molecular weight excluding hydrogens is 362 g/mol. The Bertz CT molecular complexity index is 631. The second kappa shape index (κ2) is 9.30. The molecule has 1 saturated heterocycles. The van der Waals surface area contributed by atoms with E-state index in [4.69, 9.17) is 4.74 Å². The lowest BCUT2D eigenvalue weighted by molar-refractivity contribution is -0.123. The number of amides is 1. The second-order valence-corrected chi connectivity index (χ2v) is 12.1. The lowest BCUT2D eigenvalue weighted by Crippen LogP contribution is -2.40. The van der Waals surface area contributed by atoms with E-state index >= 15 is 0 Å². The van der Waals surface area contributed by atoms with Crippen molar-refractivity contribution in [1.29, 1.82) is 0 Å². The van der Waals surface area contributed by atoms with Gasteiger partial charge in [0.1, 0.15) is 6.10 Å². The highest BCUT2D eigenvalue weighted by atomic mass is 28.4. The topological polar surface area (TPSA) is 99.0 Å². The first-order valence-electron chi connectivity index (χ1n) is 9.70. The first kappa shape index (κ1) is 22.0. The SMILES string of the molecule is C[C@@H]1[C@@H]([Si](C)(C)O)[C@H](CCO)O[C@@H]1CCc1cccc(NC(=O)[C@H](C)O)c1. The lowest BCUT2D eigenvalue weighted by Gasteiger charge is -2.30. The molecule has 0 saturated carbocycles. The number of carbonyl (C=O) groups is 1. The fourth-order valence-electron chi connectivity index (χ4n) is 4.17. The summed E-state index contributed by atoms with van der Waals surface area (Å²) in [4.78, 5) is 22.3. The molecule has 0 spiro atoms. The molecule has 0 radical (unpaired) electrons. The number of hydrogen-bond donors (Lipinski definition) is 4. The Labute approximate surface area is 162 Å². The van der Waals surface area contributed by atoms with Gasteiger partial charge in [-0.1, -0.05) is 19.1 Å². The number of aliphatic hydroxyl groups excluding tert-OH is 2. The third-order valence-electron chi connectivity index (χ3n) is 5.42. The van der Waals surface area contributed by atoms with E-state index in [0.717, 1.165) is 18.4 Å². The predicted octanol–water partition coefficient (Wildman–Crippen LogP) is 2.29. The highest BCUT2D eigenvalue weighted by molar-refractivity contribution is 6.71. The number of benzene rings is 1. The van der Waals surface area contributed by atoms with Crippen LogP contribution < -0.4 is 5.32 Å². The monoisotopic (exact) mass is 395 g/mol. The third-order valence-corrected chi connectivity index (χ3v) is 7.95. The Morgan fingerprint density at radius 1 is 1.30 bits per heavy atom. The Morgan fingerprint density at radius 3 is 2.59 bits per heavy atom. The molecule has 7 heteroatoms. The summed E-state index contributed by atoms with van der Waals surface area (Å²) in [5, 5.41) is 21.4. The van der Waals surface area contributed by atoms with E-state index in [1.165, 1.54) is 6.92 Å². The van der Waals surface area contributed by atoms with Crippen LogP contribution in [-0.4, -0.2) is 54.2 Å². The Kier molecular flexibility index (Phi) is 7.59. The summed E-state index contributed by atoms with van der Waals surface area (Å²) in [6.07, 6.45) is 1.08. The lowest BCUT2D eigenvalue weighted by atomic mass is 9.95. The van der Waals surface area contributed by atoms with Gasteiger partial charge in [0, 0.05) is 17.8 Å². The molecule has 0 aromatic heterocycles. The summed E-state index contributed by atoms with van der Waals surface area (Å²) in [6.45, 7) is 7.52. The molecule has 0 aliphatic carbocycles. The number of ether oxygens (including phenoxy) is 1. The smallest absolute Gasteiger partial charge is 0.252 e. The van der Waals surface area contributed by atoms with E-state index in [0.29, 0.717) is 12.1 Å². The number of hydrogen-bond acceptors (Lipinski definition) is 5. The zero-order valence-electron chi connectivity index (χ0n) is 16.7. The van der Waals surface area contributed by atoms with Crippen LogP contribution in [0.25, 0.3) is 0 Å². The minimum Gasteiger partial charge on any atom is -0.432 e. The van der Waals surface area contributed by atoms with Crippen molar-refractivity contribution in [3.8, 4) is 0 Å². The van der Waals surface area contributed by atoms with E-state index in [9.17, 15) is 19.8 Å². The fourth-order valence-corrected chi connectivity index (χ4v) is 6.82. The van der Waals surface area contributed by atoms with E-state index in [1.54, 1.807) is 6.07 Å². The van der Waals surface area contributed by atoms with Crippen molar-refractivity contribution in [2.24, 2.45) is 5.92 Å². The molecule has 5 atom stereocenters. The van der Waals surface area contributed by atoms with Crippen molar-refractivity contribution in [3.05, 3.63) is 29.8 Å². The molecule has 1 amide bonds. The van der Waals surface area contributed by atoms with Gasteiger partial charge in [0.05, 0.1) is 12.2 Å². The van der Waals surface area contributed by atoms with Crippen LogP contribution in [0.4, 0.5) is 5.69 Å². The van der Waals surface area contributed by atoms with Gasteiger partial charge in [-0.05, 0) is 62.9 Å². The standard InChI is InChI=1S/C20H33NO5Si/c1-13-17(26-18(10-11-22)19(13)27(3,4)25)9-8-15-6-5-7-16(12-15)21-20(24)14(2)23/h5-7,12-14,17-19,22-23,25H,8-11H2,1-4H3,(H,21,24)/t13-,14-,17+,18-,19+/m0/s1. The maximum atomic E-state index is 11.6. The number of nitrogens with one attached hydrogen (secondary N) is 1. The molecule has 6 nitrogen and oxygen atoms in total. The molecule has 1 aromatic rings. The summed E-state index contributed by atoms with van der Waals surface area (Å²) in [7, 11) is -2.38. The summed E-state index contributed by atoms with van der Waals surface area (Å²) in [5.74, 6) is -0.184. The highest BCUT2D eigenvalue weighted by Gasteiger charge is 2.49. The molecule has 27 heavy (non-hydrogen) atoms. The zero-order valence-corrected chi connectivity index (χ0v) is 17.7. The molecular formula is C20H33NO5Si. The van der Waals surface area contributed by atoms with E-state index in [-0.39, 0.29) is 30.3 Å². The number of rotatable bonds is 8. The van der Waals surface area contributed by atoms with Gasteiger partial charge in [0.2, 0.25) is 0 Å². The maximum absolute atomic E-state index is 11.6. The van der Waals surface area contributed by atoms with Crippen LogP contribution in [-0.2, 0) is 16.0 Å². The summed E-state index contributed by atoms with van der Waals surface area (Å²) >= 11 is 0. The van der Waals surface area contributed by atoms with Crippen molar-refractivity contribution >= 4 is 19.9 Å². The van der Waals surface area contributed by atoms with Gasteiger partial charge in [-0.25, -0.2) is 0 Å². The normalized spacial score (nSPS) is 26.8. The highest BCUT2D eigenvalue weighted by Crippen LogP contribution is 2.45. The Morgan fingerprint density at radius 2 is 2.00 bits per heavy atom. The van der Waals surface area contributed by atoms with Gasteiger partial charge in [-0.2, -0.15) is 0 Å². The molecule has 4 N–H and O–H groups in total. The van der Waals surface area contributed by atoms with Crippen LogP contribution in [0.2, 0.25) is 18.6 Å². The number of carbonyl (C=O) groups excluding carboxylic acids is 1. The second-order valence-electron chi connectivity index (χ2n) is 8.17. The summed E-state index contributed by atoms with van der Waals surface area (Å²) < 4.78 is 6.21. The number of aryl methyl sites for hydroxylation is 1. The average molecular weight is 396 g/mol. The summed E-state index contributed by atoms with van der Waals surface area (Å²) in [6, 6.07) is 7.59. The number of anilines is 1. The molecule has 1 aromatic carbocycles. The number of aliphatic hydroxyl groups is 2. The van der Waals surface area contributed by atoms with Gasteiger partial charge in [0.15, 0.2) is 8.32 Å². The molecule has 0 unspecified atom stereocenters. The van der Waals surface area contributed by atoms with Crippen molar-refractivity contribution in [2.75, 3.05) is 11.9 Å². The van der Waals surface area contributed by atoms with Gasteiger partial charge in [0.25, 0.3) is 5.91 Å². The first-order chi connectivity index (χ1) is 12.6. The van der Waals surface area contributed by atoms with Crippen LogP contribution in [0.3, 0.4) is 0 Å². The quantitative estimate of drug-likeness (QED) is 0.506. The average Bonchev–Trinajstić information content (AvgIpc) is 2.89. The first-order valence-corrected chi connectivity index (χ1v) is 12.7. The van der Waals surface area contributed by atoms with Crippen molar-refractivity contribution < 1.29 is 24.5 Å². The van der Waals surface area contributed by atoms with E-state index < -0.39 is 20.3 Å².